The van der Waals surface area contributed by atoms with Crippen molar-refractivity contribution >= 4 is 17.8 Å². The number of aliphatic carboxylic acids is 1. The van der Waals surface area contributed by atoms with Crippen molar-refractivity contribution in [2.24, 2.45) is 0 Å². The van der Waals surface area contributed by atoms with Gasteiger partial charge in [0, 0.05) is 0 Å². The van der Waals surface area contributed by atoms with Gasteiger partial charge in [-0.15, -0.1) is 0 Å². The first-order valence-electron chi connectivity index (χ1n) is 7.41. The normalized spacial score (nSPS) is 30.9. The predicted molar refractivity (Wildman–Crippen MR) is 77.2 cm³/mol. The number of carboxylic acid groups (broad SMARTS) is 1. The zero-order chi connectivity index (χ0) is 20.1. The number of hydrogen-bond acceptors (Lipinski definition) is 11. The molecule has 8 N–H and O–H groups in total. The maximum Gasteiger partial charge on any atom is 0.377 e. The second-order valence-electron chi connectivity index (χ2n) is 5.54. The number of amides is 1. The summed E-state index contributed by atoms with van der Waals surface area (Å²) < 4.78 is 9.64. The van der Waals surface area contributed by atoms with Gasteiger partial charge in [0.05, 0.1) is 25.2 Å². The number of carbonyl (C=O) groups is 3. The molecule has 1 amide bonds. The van der Waals surface area contributed by atoms with Crippen LogP contribution in [0.5, 0.6) is 0 Å². The molecular formula is C13H21NO12. The molecule has 1 saturated heterocycles. The van der Waals surface area contributed by atoms with E-state index in [1.807, 2.05) is 0 Å². The van der Waals surface area contributed by atoms with Gasteiger partial charge >= 0.3 is 17.7 Å². The fraction of sp³-hybridized carbons (Fsp3) is 0.769. The lowest BCUT2D eigenvalue weighted by Gasteiger charge is -2.46. The van der Waals surface area contributed by atoms with E-state index in [0.717, 1.165) is 0 Å². The Labute approximate surface area is 146 Å². The number of aliphatic hydroxyl groups excluding tert-OH is 6. The average molecular weight is 383 g/mol. The van der Waals surface area contributed by atoms with Crippen LogP contribution >= 0.6 is 0 Å². The van der Waals surface area contributed by atoms with E-state index >= 15 is 0 Å². The van der Waals surface area contributed by atoms with E-state index in [-0.39, 0.29) is 0 Å². The molecule has 13 nitrogen and oxygen atoms in total. The largest absolute Gasteiger partial charge is 0.476 e. The van der Waals surface area contributed by atoms with Crippen LogP contribution in [-0.4, -0.2) is 110 Å². The molecule has 0 aromatic carbocycles. The van der Waals surface area contributed by atoms with Gasteiger partial charge in [0.15, 0.2) is 0 Å². The maximum absolute atomic E-state index is 11.6. The van der Waals surface area contributed by atoms with Crippen LogP contribution in [0.25, 0.3) is 0 Å². The van der Waals surface area contributed by atoms with Crippen LogP contribution in [0.3, 0.4) is 0 Å². The number of rotatable bonds is 8. The summed E-state index contributed by atoms with van der Waals surface area (Å²) >= 11 is 0. The van der Waals surface area contributed by atoms with Crippen LogP contribution in [0.2, 0.25) is 0 Å². The van der Waals surface area contributed by atoms with Gasteiger partial charge in [0.1, 0.15) is 31.5 Å². The van der Waals surface area contributed by atoms with Gasteiger partial charge in [-0.3, -0.25) is 4.79 Å². The molecule has 26 heavy (non-hydrogen) atoms. The van der Waals surface area contributed by atoms with Crippen LogP contribution in [0.4, 0.5) is 0 Å². The Bertz CT molecular complexity index is 527. The summed E-state index contributed by atoms with van der Waals surface area (Å²) in [6, 6.07) is -1.52. The molecule has 1 fully saturated rings. The zero-order valence-corrected chi connectivity index (χ0v) is 13.4. The van der Waals surface area contributed by atoms with Gasteiger partial charge in [-0.05, 0) is 0 Å². The molecule has 150 valence electrons. The van der Waals surface area contributed by atoms with Crippen molar-refractivity contribution in [3.8, 4) is 0 Å². The quantitative estimate of drug-likeness (QED) is 0.184. The maximum atomic E-state index is 11.6. The van der Waals surface area contributed by atoms with E-state index in [4.69, 9.17) is 20.1 Å². The highest BCUT2D eigenvalue weighted by Gasteiger charge is 2.57. The summed E-state index contributed by atoms with van der Waals surface area (Å²) in [5.74, 6) is -7.14. The molecule has 6 atom stereocenters. The number of esters is 1. The highest BCUT2D eigenvalue weighted by Crippen LogP contribution is 2.33. The Morgan fingerprint density at radius 2 is 1.81 bits per heavy atom. The molecule has 0 aliphatic carbocycles. The molecule has 1 rings (SSSR count). The van der Waals surface area contributed by atoms with Crippen LogP contribution in [0.15, 0.2) is 0 Å². The Morgan fingerprint density at radius 3 is 2.27 bits per heavy atom. The minimum atomic E-state index is -2.83. The highest BCUT2D eigenvalue weighted by molar-refractivity contribution is 5.81. The summed E-state index contributed by atoms with van der Waals surface area (Å²) in [6.45, 7) is -3.18. The van der Waals surface area contributed by atoms with E-state index in [1.165, 1.54) is 0 Å². The van der Waals surface area contributed by atoms with E-state index in [9.17, 15) is 34.8 Å². The van der Waals surface area contributed by atoms with Gasteiger partial charge in [0.2, 0.25) is 5.91 Å². The van der Waals surface area contributed by atoms with Gasteiger partial charge in [-0.1, -0.05) is 0 Å². The minimum Gasteiger partial charge on any atom is -0.476 e. The Kier molecular flexibility index (Phi) is 7.83. The molecule has 1 aliphatic heterocycles. The SMILES string of the molecule is O=C(CO)N[C@H]1[C@H]([C@H](O)[C@H](O)CO)O[C@](OC(=O)CO)(C(=O)O)C[C@@H]1O. The number of hydrogen-bond donors (Lipinski definition) is 8. The number of carboxylic acids is 1. The molecular weight excluding hydrogens is 362 g/mol. The molecule has 1 aliphatic rings. The van der Waals surface area contributed by atoms with Gasteiger partial charge < -0.3 is 50.5 Å². The van der Waals surface area contributed by atoms with Crippen molar-refractivity contribution in [2.45, 2.75) is 42.7 Å². The summed E-state index contributed by atoms with van der Waals surface area (Å²) in [7, 11) is 0. The number of carbonyl (C=O) groups excluding carboxylic acids is 2. The zero-order valence-electron chi connectivity index (χ0n) is 13.4. The Hall–Kier alpha value is -1.87. The predicted octanol–water partition coefficient (Wildman–Crippen LogP) is -5.36. The molecule has 0 aromatic heterocycles. The Morgan fingerprint density at radius 1 is 1.19 bits per heavy atom. The highest BCUT2D eigenvalue weighted by atomic mass is 16.7. The summed E-state index contributed by atoms with van der Waals surface area (Å²) in [4.78, 5) is 34.3. The topological polar surface area (TPSA) is 223 Å². The first-order chi connectivity index (χ1) is 12.1. The first kappa shape index (κ1) is 22.2. The lowest BCUT2D eigenvalue weighted by molar-refractivity contribution is -0.301. The third-order valence-electron chi connectivity index (χ3n) is 3.70. The molecule has 0 spiro atoms. The molecule has 1 heterocycles. The minimum absolute atomic E-state index is 0.900. The van der Waals surface area contributed by atoms with Gasteiger partial charge in [-0.25, -0.2) is 9.59 Å². The lowest BCUT2D eigenvalue weighted by Crippen LogP contribution is -2.68. The van der Waals surface area contributed by atoms with E-state index < -0.39 is 80.3 Å². The fourth-order valence-electron chi connectivity index (χ4n) is 2.44. The average Bonchev–Trinajstić information content (AvgIpc) is 2.61. The van der Waals surface area contributed by atoms with E-state index in [1.54, 1.807) is 0 Å². The van der Waals surface area contributed by atoms with Crippen LogP contribution in [-0.2, 0) is 23.9 Å². The fourth-order valence-corrected chi connectivity index (χ4v) is 2.44. The van der Waals surface area contributed by atoms with Gasteiger partial charge in [0.25, 0.3) is 0 Å². The first-order valence-corrected chi connectivity index (χ1v) is 7.41. The number of nitrogens with one attached hydrogen (secondary N) is 1. The van der Waals surface area contributed by atoms with Crippen LogP contribution in [0.1, 0.15) is 6.42 Å². The third-order valence-corrected chi connectivity index (χ3v) is 3.70. The van der Waals surface area contributed by atoms with Crippen molar-refractivity contribution in [3.05, 3.63) is 0 Å². The lowest BCUT2D eigenvalue weighted by atomic mass is 9.88. The van der Waals surface area contributed by atoms with E-state index in [2.05, 4.69) is 10.1 Å². The summed E-state index contributed by atoms with van der Waals surface area (Å²) in [5.41, 5.74) is 0. The molecule has 0 bridgehead atoms. The standard InChI is InChI=1S/C13H21NO12/c15-2-6(19)10(22)11-9(14-7(20)3-16)5(18)1-13(26-11,12(23)24)25-8(21)4-17/h5-6,9-11,15-19,22H,1-4H2,(H,14,20)(H,23,24)/t5-,6+,9+,10+,11+,13-/m0/s1. The second kappa shape index (κ2) is 9.18. The Balaban J connectivity index is 3.25. The monoisotopic (exact) mass is 383 g/mol. The molecule has 0 aromatic rings. The second-order valence-corrected chi connectivity index (χ2v) is 5.54. The molecule has 0 radical (unpaired) electrons. The molecule has 0 saturated carbocycles. The molecule has 0 unspecified atom stereocenters. The van der Waals surface area contributed by atoms with Crippen molar-refractivity contribution in [3.63, 3.8) is 0 Å². The van der Waals surface area contributed by atoms with Crippen molar-refractivity contribution in [1.82, 2.24) is 5.32 Å². The van der Waals surface area contributed by atoms with Crippen molar-refractivity contribution in [2.75, 3.05) is 19.8 Å². The number of aliphatic hydroxyl groups is 6. The third kappa shape index (κ3) is 4.85. The van der Waals surface area contributed by atoms with Gasteiger partial charge in [-0.2, -0.15) is 0 Å². The summed E-state index contributed by atoms with van der Waals surface area (Å²) in [6.07, 6.45) is -8.42. The smallest absolute Gasteiger partial charge is 0.377 e. The summed E-state index contributed by atoms with van der Waals surface area (Å²) in [5, 5.41) is 67.8. The van der Waals surface area contributed by atoms with Crippen molar-refractivity contribution < 1.29 is 59.6 Å². The van der Waals surface area contributed by atoms with Crippen LogP contribution < -0.4 is 5.32 Å². The van der Waals surface area contributed by atoms with E-state index in [0.29, 0.717) is 0 Å². The van der Waals surface area contributed by atoms with Crippen LogP contribution in [0, 0.1) is 0 Å². The number of ether oxygens (including phenoxy) is 2. The van der Waals surface area contributed by atoms with Crippen molar-refractivity contribution in [1.29, 1.82) is 0 Å². The molecule has 13 heteroatoms.